The van der Waals surface area contributed by atoms with Gasteiger partial charge in [-0.3, -0.25) is 0 Å². The van der Waals surface area contributed by atoms with Crippen molar-refractivity contribution in [2.75, 3.05) is 0 Å². The molecule has 0 N–H and O–H groups in total. The summed E-state index contributed by atoms with van der Waals surface area (Å²) in [4.78, 5) is 11.1. The zero-order valence-corrected chi connectivity index (χ0v) is 12.1. The zero-order chi connectivity index (χ0) is 7.68. The Labute approximate surface area is 78.9 Å². The van der Waals surface area contributed by atoms with Gasteiger partial charge in [0.2, 0.25) is 0 Å². The summed E-state index contributed by atoms with van der Waals surface area (Å²) < 4.78 is 6.17. The first-order valence-corrected chi connectivity index (χ1v) is 13.7. The van der Waals surface area contributed by atoms with Crippen LogP contribution < -0.4 is 3.12 Å². The van der Waals surface area contributed by atoms with Crippen LogP contribution in [0.3, 0.4) is 0 Å². The van der Waals surface area contributed by atoms with Crippen LogP contribution in [0.5, 0.6) is 0 Å². The van der Waals surface area contributed by atoms with Gasteiger partial charge in [-0.1, -0.05) is 0 Å². The van der Waals surface area contributed by atoms with Crippen LogP contribution in [0, 0.1) is 0 Å². The molecule has 1 aliphatic heterocycles. The third kappa shape index (κ3) is 1.44. The van der Waals surface area contributed by atoms with Gasteiger partial charge < -0.3 is 0 Å². The molecule has 0 aromatic heterocycles. The number of rotatable bonds is 0. The van der Waals surface area contributed by atoms with Crippen molar-refractivity contribution in [1.82, 2.24) is 0 Å². The minimum atomic E-state index is -1.10. The Bertz CT molecular complexity index is 300. The van der Waals surface area contributed by atoms with Crippen LogP contribution in [0.1, 0.15) is 10.4 Å². The second-order valence-corrected chi connectivity index (χ2v) is 12.1. The first kappa shape index (κ1) is 7.60. The SMILES string of the molecule is O=C1O[S][PbH2][c]2ccccc21. The van der Waals surface area contributed by atoms with E-state index in [4.69, 9.17) is 4.18 Å². The van der Waals surface area contributed by atoms with E-state index in [1.54, 1.807) is 0 Å². The fourth-order valence-electron chi connectivity index (χ4n) is 1.04. The molecular weight excluding hydrogens is 355 g/mol. The van der Waals surface area contributed by atoms with Gasteiger partial charge in [0.05, 0.1) is 0 Å². The topological polar surface area (TPSA) is 26.3 Å². The molecule has 0 saturated heterocycles. The molecule has 2 rings (SSSR count). The van der Waals surface area contributed by atoms with Crippen molar-refractivity contribution in [3.8, 4) is 0 Å². The quantitative estimate of drug-likeness (QED) is 0.488. The van der Waals surface area contributed by atoms with E-state index in [1.807, 2.05) is 24.3 Å². The van der Waals surface area contributed by atoms with Crippen LogP contribution in [0.2, 0.25) is 0 Å². The van der Waals surface area contributed by atoms with E-state index < -0.39 is 22.7 Å². The van der Waals surface area contributed by atoms with Crippen LogP contribution >= 0.6 is 8.59 Å². The normalized spacial score (nSPS) is 17.6. The summed E-state index contributed by atoms with van der Waals surface area (Å²) in [6, 6.07) is 7.75. The van der Waals surface area contributed by atoms with E-state index in [9.17, 15) is 4.79 Å². The minimum absolute atomic E-state index is 0.170. The van der Waals surface area contributed by atoms with Crippen molar-refractivity contribution in [1.29, 1.82) is 0 Å². The Kier molecular flexibility index (Phi) is 2.17. The van der Waals surface area contributed by atoms with E-state index in [2.05, 4.69) is 0 Å². The molecule has 0 amide bonds. The van der Waals surface area contributed by atoms with Crippen molar-refractivity contribution in [2.24, 2.45) is 0 Å². The van der Waals surface area contributed by atoms with Gasteiger partial charge in [0.1, 0.15) is 0 Å². The molecule has 0 radical (unpaired) electrons. The van der Waals surface area contributed by atoms with E-state index in [1.165, 1.54) is 11.7 Å². The molecule has 1 aromatic rings. The second-order valence-electron chi connectivity index (χ2n) is 2.29. The first-order chi connectivity index (χ1) is 5.38. The summed E-state index contributed by atoms with van der Waals surface area (Å²) in [5, 5.41) is 0. The average Bonchev–Trinajstić information content (AvgIpc) is 2.06. The summed E-state index contributed by atoms with van der Waals surface area (Å²) >= 11 is -1.10. The van der Waals surface area contributed by atoms with Crippen molar-refractivity contribution in [3.05, 3.63) is 29.8 Å². The summed E-state index contributed by atoms with van der Waals surface area (Å²) in [6.45, 7) is 0. The fourth-order valence-corrected chi connectivity index (χ4v) is 9.57. The van der Waals surface area contributed by atoms with E-state index in [0.29, 0.717) is 0 Å². The molecule has 0 unspecified atom stereocenters. The third-order valence-corrected chi connectivity index (χ3v) is 11.1. The Hall–Kier alpha value is -0.0379. The molecule has 4 heteroatoms. The standard InChI is InChI=1S/C7H5O2S.Pb.2H/c8-7(9-10)6-4-2-1-3-5-6;;;/h1-4,10H;;;/q;+1;;/p-1. The van der Waals surface area contributed by atoms with Crippen LogP contribution in [0.25, 0.3) is 0 Å². The summed E-state index contributed by atoms with van der Waals surface area (Å²) in [6.07, 6.45) is 0. The van der Waals surface area contributed by atoms with Gasteiger partial charge in [0, 0.05) is 0 Å². The first-order valence-electron chi connectivity index (χ1n) is 3.29. The van der Waals surface area contributed by atoms with Crippen molar-refractivity contribution >= 4 is 40.4 Å². The van der Waals surface area contributed by atoms with E-state index >= 15 is 0 Å². The van der Waals surface area contributed by atoms with Crippen LogP contribution in [-0.2, 0) is 4.18 Å². The number of fused-ring (bicyclic) bond motifs is 1. The third-order valence-electron chi connectivity index (χ3n) is 1.59. The van der Waals surface area contributed by atoms with Crippen molar-refractivity contribution < 1.29 is 8.98 Å². The van der Waals surface area contributed by atoms with Crippen LogP contribution in [0.4, 0.5) is 0 Å². The van der Waals surface area contributed by atoms with E-state index in [-0.39, 0.29) is 5.97 Å². The predicted octanol–water partition coefficient (Wildman–Crippen LogP) is 0.214. The van der Waals surface area contributed by atoms with Crippen LogP contribution in [0.15, 0.2) is 24.3 Å². The van der Waals surface area contributed by atoms with Crippen molar-refractivity contribution in [2.45, 2.75) is 0 Å². The molecule has 0 atom stereocenters. The predicted molar refractivity (Wildman–Crippen MR) is 47.6 cm³/mol. The Morgan fingerprint density at radius 1 is 1.36 bits per heavy atom. The van der Waals surface area contributed by atoms with Gasteiger partial charge in [-0.05, 0) is 0 Å². The molecule has 0 bridgehead atoms. The Morgan fingerprint density at radius 3 is 3.00 bits per heavy atom. The average molecular weight is 361 g/mol. The molecule has 56 valence electrons. The van der Waals surface area contributed by atoms with Gasteiger partial charge in [-0.25, -0.2) is 0 Å². The Morgan fingerprint density at radius 2 is 2.18 bits per heavy atom. The van der Waals surface area contributed by atoms with Gasteiger partial charge in [0.15, 0.2) is 0 Å². The molecule has 1 aromatic carbocycles. The molecule has 0 saturated carbocycles. The molecule has 0 spiro atoms. The number of hydrogen-bond acceptors (Lipinski definition) is 3. The van der Waals surface area contributed by atoms with Gasteiger partial charge in [-0.2, -0.15) is 0 Å². The van der Waals surface area contributed by atoms with Gasteiger partial charge >= 0.3 is 79.2 Å². The molecular formula is C7H6O2PbS. The summed E-state index contributed by atoms with van der Waals surface area (Å²) in [7, 11) is 1.42. The van der Waals surface area contributed by atoms with Gasteiger partial charge in [-0.15, -0.1) is 0 Å². The summed E-state index contributed by atoms with van der Waals surface area (Å²) in [5.41, 5.74) is 0.799. The fraction of sp³-hybridized carbons (Fsp3) is 0. The zero-order valence-electron chi connectivity index (χ0n) is 5.74. The number of carbonyl (C=O) groups excluding carboxylic acids is 1. The van der Waals surface area contributed by atoms with Crippen LogP contribution in [-0.4, -0.2) is 28.7 Å². The monoisotopic (exact) mass is 362 g/mol. The molecule has 1 aliphatic rings. The molecule has 2 nitrogen and oxygen atoms in total. The summed E-state index contributed by atoms with van der Waals surface area (Å²) in [5.74, 6) is -0.170. The van der Waals surface area contributed by atoms with Gasteiger partial charge in [0.25, 0.3) is 0 Å². The molecule has 1 heterocycles. The maximum atomic E-state index is 11.1. The van der Waals surface area contributed by atoms with Crippen molar-refractivity contribution in [3.63, 3.8) is 0 Å². The molecule has 0 aliphatic carbocycles. The van der Waals surface area contributed by atoms with E-state index in [0.717, 1.165) is 5.56 Å². The maximum absolute atomic E-state index is 11.1. The molecule has 0 fully saturated rings. The second kappa shape index (κ2) is 3.14. The number of carbonyl (C=O) groups is 1. The Balaban J connectivity index is 2.52. The molecule has 11 heavy (non-hydrogen) atoms. The number of benzene rings is 1. The number of hydrogen-bond donors (Lipinski definition) is 0.